The van der Waals surface area contributed by atoms with Crippen molar-refractivity contribution in [2.24, 2.45) is 5.92 Å². The van der Waals surface area contributed by atoms with E-state index in [1.165, 1.54) is 4.31 Å². The molecule has 1 atom stereocenters. The first-order valence-corrected chi connectivity index (χ1v) is 9.25. The Morgan fingerprint density at radius 1 is 1.50 bits per heavy atom. The lowest BCUT2D eigenvalue weighted by Crippen LogP contribution is -2.66. The minimum atomic E-state index is -3.11. The van der Waals surface area contributed by atoms with Gasteiger partial charge in [0.05, 0.1) is 19.0 Å². The Balaban J connectivity index is 1.52. The van der Waals surface area contributed by atoms with Gasteiger partial charge in [-0.3, -0.25) is 4.98 Å². The second kappa shape index (κ2) is 6.23. The van der Waals surface area contributed by atoms with Gasteiger partial charge in [0.2, 0.25) is 10.0 Å². The lowest BCUT2D eigenvalue weighted by molar-refractivity contribution is -0.115. The van der Waals surface area contributed by atoms with Crippen molar-refractivity contribution in [1.82, 2.24) is 9.29 Å². The third kappa shape index (κ3) is 3.03. The van der Waals surface area contributed by atoms with E-state index in [2.05, 4.69) is 4.98 Å². The van der Waals surface area contributed by atoms with Crippen LogP contribution in [0.25, 0.3) is 0 Å². The highest BCUT2D eigenvalue weighted by Gasteiger charge is 2.55. The van der Waals surface area contributed by atoms with E-state index < -0.39 is 10.0 Å². The molecule has 2 saturated heterocycles. The number of rotatable bonds is 6. The summed E-state index contributed by atoms with van der Waals surface area (Å²) in [5.41, 5.74) is 0.705. The van der Waals surface area contributed by atoms with Crippen molar-refractivity contribution in [3.63, 3.8) is 0 Å². The van der Waals surface area contributed by atoms with E-state index >= 15 is 0 Å². The SMILES string of the molecule is CCS(=O)(=O)N1CC2(C1)OCCC2COCc1cccnc1. The number of hydrogen-bond acceptors (Lipinski definition) is 5. The summed E-state index contributed by atoms with van der Waals surface area (Å²) in [6, 6.07) is 3.87. The summed E-state index contributed by atoms with van der Waals surface area (Å²) >= 11 is 0. The van der Waals surface area contributed by atoms with E-state index in [0.29, 0.717) is 32.9 Å². The van der Waals surface area contributed by atoms with Crippen LogP contribution in [0.1, 0.15) is 18.9 Å². The summed E-state index contributed by atoms with van der Waals surface area (Å²) in [4.78, 5) is 4.06. The molecular formula is C15H22N2O4S. The molecule has 0 N–H and O–H groups in total. The average Bonchev–Trinajstić information content (AvgIpc) is 2.91. The maximum atomic E-state index is 11.9. The Morgan fingerprint density at radius 2 is 2.32 bits per heavy atom. The fourth-order valence-corrected chi connectivity index (χ4v) is 4.30. The predicted octanol–water partition coefficient (Wildman–Crippen LogP) is 1.04. The minimum Gasteiger partial charge on any atom is -0.376 e. The first-order chi connectivity index (χ1) is 10.6. The normalized spacial score (nSPS) is 24.5. The first-order valence-electron chi connectivity index (χ1n) is 7.64. The van der Waals surface area contributed by atoms with Crippen molar-refractivity contribution >= 4 is 10.0 Å². The number of ether oxygens (including phenoxy) is 2. The second-order valence-electron chi connectivity index (χ2n) is 5.94. The van der Waals surface area contributed by atoms with Crippen LogP contribution >= 0.6 is 0 Å². The maximum absolute atomic E-state index is 11.9. The Morgan fingerprint density at radius 3 is 3.00 bits per heavy atom. The van der Waals surface area contributed by atoms with Gasteiger partial charge in [-0.05, 0) is 25.0 Å². The molecule has 1 spiro atoms. The Labute approximate surface area is 131 Å². The van der Waals surface area contributed by atoms with Crippen LogP contribution in [0.3, 0.4) is 0 Å². The van der Waals surface area contributed by atoms with Crippen molar-refractivity contribution in [2.45, 2.75) is 25.6 Å². The van der Waals surface area contributed by atoms with Crippen molar-refractivity contribution in [1.29, 1.82) is 0 Å². The van der Waals surface area contributed by atoms with Crippen LogP contribution in [0.2, 0.25) is 0 Å². The molecule has 2 aliphatic heterocycles. The van der Waals surface area contributed by atoms with Crippen molar-refractivity contribution in [3.05, 3.63) is 30.1 Å². The number of sulfonamides is 1. The Kier molecular flexibility index (Phi) is 4.49. The standard InChI is InChI=1S/C15H22N2O4S/c1-2-22(18,19)17-11-15(12-17)14(5-7-21-15)10-20-9-13-4-3-6-16-8-13/h3-4,6,8,14H,2,5,7,9-12H2,1H3. The summed E-state index contributed by atoms with van der Waals surface area (Å²) < 4.78 is 36.9. The van der Waals surface area contributed by atoms with Gasteiger partial charge in [-0.2, -0.15) is 4.31 Å². The van der Waals surface area contributed by atoms with E-state index in [9.17, 15) is 8.42 Å². The molecule has 0 amide bonds. The molecule has 2 aliphatic rings. The van der Waals surface area contributed by atoms with Gasteiger partial charge in [0.15, 0.2) is 0 Å². The lowest BCUT2D eigenvalue weighted by atomic mass is 9.83. The molecule has 1 aromatic rings. The monoisotopic (exact) mass is 326 g/mol. The van der Waals surface area contributed by atoms with E-state index in [1.807, 2.05) is 12.1 Å². The van der Waals surface area contributed by atoms with Gasteiger partial charge in [0.1, 0.15) is 5.60 Å². The molecule has 2 fully saturated rings. The molecule has 1 unspecified atom stereocenters. The largest absolute Gasteiger partial charge is 0.376 e. The molecule has 7 heteroatoms. The second-order valence-corrected chi connectivity index (χ2v) is 8.20. The number of nitrogens with zero attached hydrogens (tertiary/aromatic N) is 2. The Hall–Kier alpha value is -1.02. The van der Waals surface area contributed by atoms with Crippen LogP contribution in [0.15, 0.2) is 24.5 Å². The van der Waals surface area contributed by atoms with Crippen molar-refractivity contribution < 1.29 is 17.9 Å². The van der Waals surface area contributed by atoms with Crippen LogP contribution in [0, 0.1) is 5.92 Å². The minimum absolute atomic E-state index is 0.144. The molecule has 122 valence electrons. The zero-order valence-corrected chi connectivity index (χ0v) is 13.6. The maximum Gasteiger partial charge on any atom is 0.214 e. The van der Waals surface area contributed by atoms with Crippen LogP contribution in [-0.4, -0.2) is 55.4 Å². The van der Waals surface area contributed by atoms with Gasteiger partial charge in [-0.25, -0.2) is 8.42 Å². The summed E-state index contributed by atoms with van der Waals surface area (Å²) in [5, 5.41) is 0. The summed E-state index contributed by atoms with van der Waals surface area (Å²) in [7, 11) is -3.11. The van der Waals surface area contributed by atoms with Gasteiger partial charge in [-0.1, -0.05) is 6.07 Å². The molecule has 3 heterocycles. The van der Waals surface area contributed by atoms with Crippen molar-refractivity contribution in [3.8, 4) is 0 Å². The van der Waals surface area contributed by atoms with Crippen LogP contribution in [-0.2, 0) is 26.1 Å². The summed E-state index contributed by atoms with van der Waals surface area (Å²) in [6.07, 6.45) is 4.45. The third-order valence-electron chi connectivity index (χ3n) is 4.56. The van der Waals surface area contributed by atoms with Gasteiger partial charge < -0.3 is 9.47 Å². The van der Waals surface area contributed by atoms with Crippen LogP contribution in [0.4, 0.5) is 0 Å². The molecule has 0 saturated carbocycles. The van der Waals surface area contributed by atoms with Crippen molar-refractivity contribution in [2.75, 3.05) is 32.1 Å². The van der Waals surface area contributed by atoms with Gasteiger partial charge in [-0.15, -0.1) is 0 Å². The van der Waals surface area contributed by atoms with E-state index in [0.717, 1.165) is 12.0 Å². The number of aromatic nitrogens is 1. The summed E-state index contributed by atoms with van der Waals surface area (Å²) in [5.74, 6) is 0.401. The average molecular weight is 326 g/mol. The fourth-order valence-electron chi connectivity index (χ4n) is 3.10. The molecule has 0 radical (unpaired) electrons. The molecule has 3 rings (SSSR count). The molecule has 6 nitrogen and oxygen atoms in total. The van der Waals surface area contributed by atoms with Gasteiger partial charge >= 0.3 is 0 Å². The highest BCUT2D eigenvalue weighted by atomic mass is 32.2. The smallest absolute Gasteiger partial charge is 0.214 e. The molecule has 22 heavy (non-hydrogen) atoms. The zero-order valence-electron chi connectivity index (χ0n) is 12.8. The lowest BCUT2D eigenvalue weighted by Gasteiger charge is -2.49. The molecule has 0 bridgehead atoms. The van der Waals surface area contributed by atoms with Gasteiger partial charge in [0, 0.05) is 38.0 Å². The Bertz CT molecular complexity index is 599. The van der Waals surface area contributed by atoms with E-state index in [1.54, 1.807) is 19.3 Å². The van der Waals surface area contributed by atoms with Gasteiger partial charge in [0.25, 0.3) is 0 Å². The zero-order chi connectivity index (χ0) is 15.6. The first kappa shape index (κ1) is 15.9. The van der Waals surface area contributed by atoms with Crippen LogP contribution < -0.4 is 0 Å². The van der Waals surface area contributed by atoms with E-state index in [4.69, 9.17) is 9.47 Å². The quantitative estimate of drug-likeness (QED) is 0.781. The molecule has 1 aromatic heterocycles. The number of pyridine rings is 1. The highest BCUT2D eigenvalue weighted by molar-refractivity contribution is 7.89. The summed E-state index contributed by atoms with van der Waals surface area (Å²) in [6.45, 7) is 4.39. The third-order valence-corrected chi connectivity index (χ3v) is 6.33. The highest BCUT2D eigenvalue weighted by Crippen LogP contribution is 2.41. The fraction of sp³-hybridized carbons (Fsp3) is 0.667. The number of hydrogen-bond donors (Lipinski definition) is 0. The van der Waals surface area contributed by atoms with Crippen LogP contribution in [0.5, 0.6) is 0 Å². The predicted molar refractivity (Wildman–Crippen MR) is 81.7 cm³/mol. The molecule has 0 aliphatic carbocycles. The molecular weight excluding hydrogens is 304 g/mol. The molecule has 0 aromatic carbocycles. The van der Waals surface area contributed by atoms with E-state index in [-0.39, 0.29) is 17.3 Å². The topological polar surface area (TPSA) is 68.7 Å².